The van der Waals surface area contributed by atoms with Gasteiger partial charge in [-0.15, -0.1) is 6.58 Å². The van der Waals surface area contributed by atoms with E-state index in [0.717, 1.165) is 4.47 Å². The smallest absolute Gasteiger partial charge is 0.0811 e. The Morgan fingerprint density at radius 1 is 1.64 bits per heavy atom. The highest BCUT2D eigenvalue weighted by Crippen LogP contribution is 2.26. The number of hydrogen-bond acceptors (Lipinski definition) is 1. The van der Waals surface area contributed by atoms with Crippen LogP contribution in [0.15, 0.2) is 35.3 Å². The van der Waals surface area contributed by atoms with E-state index in [1.807, 2.05) is 13.0 Å². The maximum atomic E-state index is 5.57. The number of rotatable bonds is 4. The summed E-state index contributed by atoms with van der Waals surface area (Å²) >= 11 is 5.77. The molecule has 0 fully saturated rings. The normalized spacial score (nSPS) is 12.5. The first-order chi connectivity index (χ1) is 6.65. The molecule has 1 nitrogen and oxygen atoms in total. The summed E-state index contributed by atoms with van der Waals surface area (Å²) in [6.07, 6.45) is 1.87. The molecule has 1 unspecified atom stereocenters. The zero-order valence-electron chi connectivity index (χ0n) is 7.97. The Kier molecular flexibility index (Phi) is 5.12. The van der Waals surface area contributed by atoms with Crippen LogP contribution < -0.4 is 0 Å². The van der Waals surface area contributed by atoms with Crippen LogP contribution in [0.3, 0.4) is 0 Å². The van der Waals surface area contributed by atoms with E-state index in [9.17, 15) is 0 Å². The van der Waals surface area contributed by atoms with Gasteiger partial charge in [-0.25, -0.2) is 0 Å². The molecule has 0 N–H and O–H groups in total. The van der Waals surface area contributed by atoms with Crippen molar-refractivity contribution < 1.29 is 4.74 Å². The molecular weight excluding hydrogens is 355 g/mol. The van der Waals surface area contributed by atoms with Crippen LogP contribution in [-0.2, 0) is 4.74 Å². The van der Waals surface area contributed by atoms with Crippen molar-refractivity contribution >= 4 is 38.5 Å². The third kappa shape index (κ3) is 3.37. The molecule has 0 saturated carbocycles. The van der Waals surface area contributed by atoms with Crippen molar-refractivity contribution in [3.05, 3.63) is 44.5 Å². The van der Waals surface area contributed by atoms with Crippen LogP contribution >= 0.6 is 38.5 Å². The summed E-state index contributed by atoms with van der Waals surface area (Å²) in [4.78, 5) is 0. The third-order valence-electron chi connectivity index (χ3n) is 1.86. The van der Waals surface area contributed by atoms with Gasteiger partial charge in [0.05, 0.1) is 12.7 Å². The summed E-state index contributed by atoms with van der Waals surface area (Å²) in [7, 11) is 0. The Labute approximate surface area is 107 Å². The average molecular weight is 367 g/mol. The monoisotopic (exact) mass is 366 g/mol. The highest BCUT2D eigenvalue weighted by Gasteiger charge is 2.09. The summed E-state index contributed by atoms with van der Waals surface area (Å²) in [5.74, 6) is 0. The average Bonchev–Trinajstić information content (AvgIpc) is 2.18. The molecule has 0 aliphatic carbocycles. The van der Waals surface area contributed by atoms with Gasteiger partial charge in [0, 0.05) is 8.04 Å². The second-order valence-electron chi connectivity index (χ2n) is 2.93. The lowest BCUT2D eigenvalue weighted by molar-refractivity contribution is 0.0881. The second kappa shape index (κ2) is 5.88. The molecule has 0 spiro atoms. The van der Waals surface area contributed by atoms with Crippen LogP contribution in [0.25, 0.3) is 0 Å². The van der Waals surface area contributed by atoms with Gasteiger partial charge in [-0.3, -0.25) is 0 Å². The van der Waals surface area contributed by atoms with E-state index >= 15 is 0 Å². The number of hydrogen-bond donors (Lipinski definition) is 0. The van der Waals surface area contributed by atoms with Gasteiger partial charge in [0.25, 0.3) is 0 Å². The lowest BCUT2D eigenvalue weighted by Crippen LogP contribution is -2.02. The third-order valence-corrected chi connectivity index (χ3v) is 3.34. The summed E-state index contributed by atoms with van der Waals surface area (Å²) in [6, 6.07) is 6.20. The molecule has 0 aliphatic heterocycles. The lowest BCUT2D eigenvalue weighted by atomic mass is 10.1. The zero-order valence-corrected chi connectivity index (χ0v) is 11.7. The second-order valence-corrected chi connectivity index (χ2v) is 5.01. The molecule has 0 saturated heterocycles. The molecule has 3 heteroatoms. The fraction of sp³-hybridized carbons (Fsp3) is 0.273. The molecular formula is C11H12BrIO. The number of ether oxygens (including phenoxy) is 1. The fourth-order valence-electron chi connectivity index (χ4n) is 1.13. The lowest BCUT2D eigenvalue weighted by Gasteiger charge is -2.14. The maximum Gasteiger partial charge on any atom is 0.0811 e. The van der Waals surface area contributed by atoms with E-state index in [1.54, 1.807) is 6.08 Å². The minimum Gasteiger partial charge on any atom is -0.370 e. The van der Waals surface area contributed by atoms with Gasteiger partial charge in [0.15, 0.2) is 0 Å². The molecule has 0 radical (unpaired) electrons. The Hall–Kier alpha value is 0.130. The maximum absolute atomic E-state index is 5.57. The van der Waals surface area contributed by atoms with E-state index in [2.05, 4.69) is 57.2 Å². The van der Waals surface area contributed by atoms with Crippen molar-refractivity contribution in [2.45, 2.75) is 13.0 Å². The minimum absolute atomic E-state index is 0.109. The molecule has 0 amide bonds. The predicted octanol–water partition coefficient (Wildman–Crippen LogP) is 4.32. The Morgan fingerprint density at radius 2 is 2.36 bits per heavy atom. The molecule has 14 heavy (non-hydrogen) atoms. The van der Waals surface area contributed by atoms with Crippen molar-refractivity contribution in [2.24, 2.45) is 0 Å². The SMILES string of the molecule is C=CCOC(C)c1cc(Br)ccc1I. The topological polar surface area (TPSA) is 9.23 Å². The first-order valence-electron chi connectivity index (χ1n) is 4.32. The van der Waals surface area contributed by atoms with Crippen molar-refractivity contribution in [1.29, 1.82) is 0 Å². The van der Waals surface area contributed by atoms with Crippen LogP contribution in [0.2, 0.25) is 0 Å². The fourth-order valence-corrected chi connectivity index (χ4v) is 2.28. The molecule has 0 aliphatic rings. The van der Waals surface area contributed by atoms with Gasteiger partial charge in [-0.2, -0.15) is 0 Å². The summed E-state index contributed by atoms with van der Waals surface area (Å²) < 4.78 is 7.88. The largest absolute Gasteiger partial charge is 0.370 e. The number of halogens is 2. The molecule has 1 rings (SSSR count). The molecule has 1 aromatic carbocycles. The summed E-state index contributed by atoms with van der Waals surface area (Å²) in [6.45, 7) is 6.27. The van der Waals surface area contributed by atoms with E-state index in [-0.39, 0.29) is 6.10 Å². The van der Waals surface area contributed by atoms with Gasteiger partial charge in [0.2, 0.25) is 0 Å². The van der Waals surface area contributed by atoms with Gasteiger partial charge in [-0.05, 0) is 53.3 Å². The van der Waals surface area contributed by atoms with Gasteiger partial charge in [0.1, 0.15) is 0 Å². The van der Waals surface area contributed by atoms with E-state index in [4.69, 9.17) is 4.74 Å². The highest BCUT2D eigenvalue weighted by atomic mass is 127. The minimum atomic E-state index is 0.109. The zero-order chi connectivity index (χ0) is 10.6. The quantitative estimate of drug-likeness (QED) is 0.569. The molecule has 1 atom stereocenters. The van der Waals surface area contributed by atoms with E-state index in [0.29, 0.717) is 6.61 Å². The van der Waals surface area contributed by atoms with Crippen LogP contribution in [0, 0.1) is 3.57 Å². The predicted molar refractivity (Wildman–Crippen MR) is 71.4 cm³/mol. The molecule has 1 aromatic rings. The highest BCUT2D eigenvalue weighted by molar-refractivity contribution is 14.1. The molecule has 76 valence electrons. The first-order valence-corrected chi connectivity index (χ1v) is 6.19. The van der Waals surface area contributed by atoms with Gasteiger partial charge >= 0.3 is 0 Å². The molecule has 0 heterocycles. The van der Waals surface area contributed by atoms with Crippen LogP contribution in [0.5, 0.6) is 0 Å². The van der Waals surface area contributed by atoms with Crippen molar-refractivity contribution in [3.8, 4) is 0 Å². The van der Waals surface area contributed by atoms with Crippen molar-refractivity contribution in [1.82, 2.24) is 0 Å². The Balaban J connectivity index is 2.82. The molecule has 0 bridgehead atoms. The summed E-state index contributed by atoms with van der Waals surface area (Å²) in [5.41, 5.74) is 1.21. The first kappa shape index (κ1) is 12.2. The van der Waals surface area contributed by atoms with E-state index in [1.165, 1.54) is 9.13 Å². The Bertz CT molecular complexity index is 325. The number of benzene rings is 1. The van der Waals surface area contributed by atoms with Crippen molar-refractivity contribution in [2.75, 3.05) is 6.61 Å². The standard InChI is InChI=1S/C11H12BrIO/c1-3-6-14-8(2)10-7-9(12)4-5-11(10)13/h3-5,7-8H,1,6H2,2H3. The van der Waals surface area contributed by atoms with Crippen LogP contribution in [-0.4, -0.2) is 6.61 Å². The van der Waals surface area contributed by atoms with Crippen molar-refractivity contribution in [3.63, 3.8) is 0 Å². The van der Waals surface area contributed by atoms with Gasteiger partial charge in [-0.1, -0.05) is 22.0 Å². The Morgan fingerprint density at radius 3 is 3.00 bits per heavy atom. The molecule has 0 aromatic heterocycles. The van der Waals surface area contributed by atoms with Crippen LogP contribution in [0.1, 0.15) is 18.6 Å². The summed E-state index contributed by atoms with van der Waals surface area (Å²) in [5, 5.41) is 0. The van der Waals surface area contributed by atoms with Gasteiger partial charge < -0.3 is 4.74 Å². The van der Waals surface area contributed by atoms with E-state index < -0.39 is 0 Å². The van der Waals surface area contributed by atoms with Crippen LogP contribution in [0.4, 0.5) is 0 Å².